The summed E-state index contributed by atoms with van der Waals surface area (Å²) in [5.41, 5.74) is 1.88. The van der Waals surface area contributed by atoms with Gasteiger partial charge in [-0.1, -0.05) is 37.6 Å². The number of benzene rings is 1. The van der Waals surface area contributed by atoms with Crippen LogP contribution in [0.15, 0.2) is 42.6 Å². The average molecular weight is 445 g/mol. The number of aromatic nitrogens is 1. The molecule has 31 heavy (non-hydrogen) atoms. The molecular formula is C24H33ClN4O2. The van der Waals surface area contributed by atoms with Crippen LogP contribution in [-0.2, 0) is 13.1 Å². The molecule has 0 aliphatic carbocycles. The van der Waals surface area contributed by atoms with E-state index in [4.69, 9.17) is 16.3 Å². The zero-order valence-electron chi connectivity index (χ0n) is 18.7. The Morgan fingerprint density at radius 1 is 1.23 bits per heavy atom. The number of amides is 2. The molecule has 0 spiro atoms. The van der Waals surface area contributed by atoms with Gasteiger partial charge in [-0.25, -0.2) is 4.79 Å². The van der Waals surface area contributed by atoms with Crippen molar-refractivity contribution in [2.24, 2.45) is 5.92 Å². The van der Waals surface area contributed by atoms with Crippen molar-refractivity contribution in [2.45, 2.75) is 45.8 Å². The van der Waals surface area contributed by atoms with Crippen LogP contribution in [0, 0.1) is 5.92 Å². The molecule has 1 aliphatic rings. The highest BCUT2D eigenvalue weighted by atomic mass is 35.5. The summed E-state index contributed by atoms with van der Waals surface area (Å²) in [5.74, 6) is 1.34. The summed E-state index contributed by atoms with van der Waals surface area (Å²) in [4.78, 5) is 21.7. The van der Waals surface area contributed by atoms with Crippen LogP contribution in [0.4, 0.5) is 4.79 Å². The van der Waals surface area contributed by atoms with Crippen LogP contribution in [0.2, 0.25) is 5.02 Å². The predicted molar refractivity (Wildman–Crippen MR) is 124 cm³/mol. The lowest BCUT2D eigenvalue weighted by Gasteiger charge is -2.37. The minimum Gasteiger partial charge on any atom is -0.493 e. The quantitative estimate of drug-likeness (QED) is 0.647. The first-order valence-electron chi connectivity index (χ1n) is 11.0. The van der Waals surface area contributed by atoms with Crippen LogP contribution in [0.5, 0.6) is 5.75 Å². The minimum absolute atomic E-state index is 0.0635. The molecule has 2 aromatic rings. The van der Waals surface area contributed by atoms with Crippen LogP contribution in [0.25, 0.3) is 0 Å². The number of carbonyl (C=O) groups is 1. The van der Waals surface area contributed by atoms with Crippen molar-refractivity contribution in [3.05, 3.63) is 58.9 Å². The number of ether oxygens (including phenoxy) is 1. The molecule has 1 aromatic carbocycles. The average Bonchev–Trinajstić information content (AvgIpc) is 2.77. The molecule has 0 unspecified atom stereocenters. The topological polar surface area (TPSA) is 57.7 Å². The third kappa shape index (κ3) is 7.40. The maximum atomic E-state index is 13.1. The SMILES string of the molecule is CC(C)COc1ccc(CNC(=O)N(Cc2ccc(Cl)cn2)C2CCN(C)CC2)cc1. The van der Waals surface area contributed by atoms with Crippen LogP contribution >= 0.6 is 11.6 Å². The van der Waals surface area contributed by atoms with E-state index in [0.29, 0.717) is 30.6 Å². The van der Waals surface area contributed by atoms with Crippen LogP contribution in [0.3, 0.4) is 0 Å². The van der Waals surface area contributed by atoms with Gasteiger partial charge in [0.05, 0.1) is 23.9 Å². The van der Waals surface area contributed by atoms with E-state index in [9.17, 15) is 4.79 Å². The predicted octanol–water partition coefficient (Wildman–Crippen LogP) is 4.58. The van der Waals surface area contributed by atoms with Gasteiger partial charge in [0, 0.05) is 18.8 Å². The molecule has 2 amide bonds. The largest absolute Gasteiger partial charge is 0.493 e. The smallest absolute Gasteiger partial charge is 0.318 e. The second-order valence-electron chi connectivity index (χ2n) is 8.64. The first kappa shape index (κ1) is 23.4. The van der Waals surface area contributed by atoms with Crippen LogP contribution in [-0.4, -0.2) is 53.6 Å². The van der Waals surface area contributed by atoms with Gasteiger partial charge in [0.1, 0.15) is 5.75 Å². The number of nitrogens with one attached hydrogen (secondary N) is 1. The van der Waals surface area contributed by atoms with Gasteiger partial charge in [-0.15, -0.1) is 0 Å². The van der Waals surface area contributed by atoms with Crippen molar-refractivity contribution in [3.8, 4) is 5.75 Å². The van der Waals surface area contributed by atoms with E-state index in [2.05, 4.69) is 36.1 Å². The number of likely N-dealkylation sites (tertiary alicyclic amines) is 1. The molecule has 3 rings (SSSR count). The van der Waals surface area contributed by atoms with E-state index in [-0.39, 0.29) is 12.1 Å². The Balaban J connectivity index is 1.61. The third-order valence-electron chi connectivity index (χ3n) is 5.46. The van der Waals surface area contributed by atoms with E-state index in [1.165, 1.54) is 0 Å². The number of halogens is 1. The molecule has 6 nitrogen and oxygen atoms in total. The summed E-state index contributed by atoms with van der Waals surface area (Å²) in [6.07, 6.45) is 3.54. The summed E-state index contributed by atoms with van der Waals surface area (Å²) in [5, 5.41) is 3.68. The van der Waals surface area contributed by atoms with E-state index in [1.807, 2.05) is 41.3 Å². The molecule has 0 radical (unpaired) electrons. The molecule has 1 N–H and O–H groups in total. The summed E-state index contributed by atoms with van der Waals surface area (Å²) < 4.78 is 5.73. The lowest BCUT2D eigenvalue weighted by Crippen LogP contribution is -2.49. The summed E-state index contributed by atoms with van der Waals surface area (Å²) in [7, 11) is 2.12. The highest BCUT2D eigenvalue weighted by Gasteiger charge is 2.27. The number of nitrogens with zero attached hydrogens (tertiary/aromatic N) is 3. The molecule has 0 saturated carbocycles. The number of urea groups is 1. The number of pyridine rings is 1. The molecule has 1 fully saturated rings. The molecule has 0 bridgehead atoms. The molecule has 1 aliphatic heterocycles. The molecular weight excluding hydrogens is 412 g/mol. The number of piperidine rings is 1. The maximum absolute atomic E-state index is 13.1. The molecule has 168 valence electrons. The van der Waals surface area contributed by atoms with Gasteiger partial charge in [0.15, 0.2) is 0 Å². The van der Waals surface area contributed by atoms with Gasteiger partial charge in [-0.05, 0) is 68.7 Å². The fraction of sp³-hybridized carbons (Fsp3) is 0.500. The fourth-order valence-corrected chi connectivity index (χ4v) is 3.71. The van der Waals surface area contributed by atoms with Gasteiger partial charge in [0.25, 0.3) is 0 Å². The normalized spacial score (nSPS) is 15.1. The van der Waals surface area contributed by atoms with Gasteiger partial charge < -0.3 is 19.9 Å². The summed E-state index contributed by atoms with van der Waals surface area (Å²) in [6.45, 7) is 7.86. The van der Waals surface area contributed by atoms with Gasteiger partial charge >= 0.3 is 6.03 Å². The second kappa shape index (κ2) is 11.3. The summed E-state index contributed by atoms with van der Waals surface area (Å²) >= 11 is 5.97. The Bertz CT molecular complexity index is 818. The number of rotatable bonds is 8. The van der Waals surface area contributed by atoms with E-state index < -0.39 is 0 Å². The minimum atomic E-state index is -0.0635. The second-order valence-corrected chi connectivity index (χ2v) is 9.07. The lowest BCUT2D eigenvalue weighted by molar-refractivity contribution is 0.126. The van der Waals surface area contributed by atoms with Crippen molar-refractivity contribution >= 4 is 17.6 Å². The van der Waals surface area contributed by atoms with Crippen molar-refractivity contribution in [2.75, 3.05) is 26.7 Å². The number of hydrogen-bond donors (Lipinski definition) is 1. The zero-order chi connectivity index (χ0) is 22.2. The Morgan fingerprint density at radius 2 is 1.94 bits per heavy atom. The summed E-state index contributed by atoms with van der Waals surface area (Å²) in [6, 6.07) is 11.7. The molecule has 0 atom stereocenters. The number of carbonyl (C=O) groups excluding carboxylic acids is 1. The van der Waals surface area contributed by atoms with Gasteiger partial charge in [-0.2, -0.15) is 0 Å². The monoisotopic (exact) mass is 444 g/mol. The highest BCUT2D eigenvalue weighted by molar-refractivity contribution is 6.30. The number of hydrogen-bond acceptors (Lipinski definition) is 4. The standard InChI is InChI=1S/C24H33ClN4O2/c1-18(2)17-31-23-8-4-19(5-9-23)14-27-24(30)29(22-10-12-28(3)13-11-22)16-21-7-6-20(25)15-26-21/h4-9,15,18,22H,10-14,16-17H2,1-3H3,(H,27,30). The van der Waals surface area contributed by atoms with Gasteiger partial charge in [0.2, 0.25) is 0 Å². The van der Waals surface area contributed by atoms with E-state index >= 15 is 0 Å². The van der Waals surface area contributed by atoms with Crippen molar-refractivity contribution in [3.63, 3.8) is 0 Å². The van der Waals surface area contributed by atoms with Crippen molar-refractivity contribution in [1.82, 2.24) is 20.1 Å². The fourth-order valence-electron chi connectivity index (χ4n) is 3.59. The molecule has 1 aromatic heterocycles. The highest BCUT2D eigenvalue weighted by Crippen LogP contribution is 2.19. The molecule has 2 heterocycles. The molecule has 7 heteroatoms. The maximum Gasteiger partial charge on any atom is 0.318 e. The van der Waals surface area contributed by atoms with Crippen LogP contribution < -0.4 is 10.1 Å². The van der Waals surface area contributed by atoms with E-state index in [1.54, 1.807) is 6.20 Å². The Morgan fingerprint density at radius 3 is 2.55 bits per heavy atom. The van der Waals surface area contributed by atoms with Gasteiger partial charge in [-0.3, -0.25) is 4.98 Å². The zero-order valence-corrected chi connectivity index (χ0v) is 19.4. The Kier molecular flexibility index (Phi) is 8.55. The molecule has 1 saturated heterocycles. The van der Waals surface area contributed by atoms with E-state index in [0.717, 1.165) is 42.9 Å². The van der Waals surface area contributed by atoms with Crippen LogP contribution in [0.1, 0.15) is 37.9 Å². The van der Waals surface area contributed by atoms with Crippen molar-refractivity contribution < 1.29 is 9.53 Å². The lowest BCUT2D eigenvalue weighted by atomic mass is 10.0. The Labute approximate surface area is 190 Å². The first-order valence-corrected chi connectivity index (χ1v) is 11.3. The Hall–Kier alpha value is -2.31. The third-order valence-corrected chi connectivity index (χ3v) is 5.68. The first-order chi connectivity index (χ1) is 14.9. The van der Waals surface area contributed by atoms with Crippen molar-refractivity contribution in [1.29, 1.82) is 0 Å².